The molecule has 2 fully saturated rings. The van der Waals surface area contributed by atoms with Crippen molar-refractivity contribution in [3.05, 3.63) is 0 Å². The fraction of sp³-hybridized carbons (Fsp3) is 0.923. The van der Waals surface area contributed by atoms with Crippen molar-refractivity contribution in [2.45, 2.75) is 45.3 Å². The Hall–Kier alpha value is -0.610. The van der Waals surface area contributed by atoms with E-state index >= 15 is 0 Å². The van der Waals surface area contributed by atoms with Gasteiger partial charge in [-0.2, -0.15) is 0 Å². The van der Waals surface area contributed by atoms with Crippen molar-refractivity contribution in [3.63, 3.8) is 0 Å². The van der Waals surface area contributed by atoms with Crippen molar-refractivity contribution < 1.29 is 9.53 Å². The summed E-state index contributed by atoms with van der Waals surface area (Å²) in [5, 5.41) is 0. The number of carbonyl (C=O) groups excluding carboxylic acids is 1. The molecular formula is C13H24N2O2. The van der Waals surface area contributed by atoms with E-state index in [4.69, 9.17) is 10.5 Å². The summed E-state index contributed by atoms with van der Waals surface area (Å²) in [6, 6.07) is 0.309. The summed E-state index contributed by atoms with van der Waals surface area (Å²) in [4.78, 5) is 14.5. The van der Waals surface area contributed by atoms with Crippen molar-refractivity contribution in [3.8, 4) is 0 Å². The van der Waals surface area contributed by atoms with E-state index in [-0.39, 0.29) is 17.9 Å². The number of ether oxygens (including phenoxy) is 1. The van der Waals surface area contributed by atoms with Gasteiger partial charge in [-0.05, 0) is 25.2 Å². The topological polar surface area (TPSA) is 55.6 Å². The van der Waals surface area contributed by atoms with Gasteiger partial charge in [0.15, 0.2) is 0 Å². The molecule has 4 heteroatoms. The van der Waals surface area contributed by atoms with E-state index in [0.717, 1.165) is 19.4 Å². The predicted molar refractivity (Wildman–Crippen MR) is 66.5 cm³/mol. The molecule has 3 unspecified atom stereocenters. The molecular weight excluding hydrogens is 216 g/mol. The standard InChI is InChI=1S/C13H24N2O2/c1-9(2)10(8-14)13(16)15-6-7-17-12-5-3-4-11(12)15/h9-12H,3-8,14H2,1-2H3. The maximum atomic E-state index is 12.5. The molecule has 3 atom stereocenters. The summed E-state index contributed by atoms with van der Waals surface area (Å²) >= 11 is 0. The molecule has 0 aromatic rings. The molecule has 0 aromatic carbocycles. The van der Waals surface area contributed by atoms with Crippen molar-refractivity contribution in [1.29, 1.82) is 0 Å². The molecule has 1 aliphatic heterocycles. The van der Waals surface area contributed by atoms with Crippen LogP contribution in [-0.2, 0) is 9.53 Å². The van der Waals surface area contributed by atoms with Crippen LogP contribution in [0.25, 0.3) is 0 Å². The van der Waals surface area contributed by atoms with Crippen LogP contribution in [0.5, 0.6) is 0 Å². The third kappa shape index (κ3) is 2.47. The molecule has 4 nitrogen and oxygen atoms in total. The van der Waals surface area contributed by atoms with E-state index in [1.807, 2.05) is 4.90 Å². The number of hydrogen-bond acceptors (Lipinski definition) is 3. The number of nitrogens with two attached hydrogens (primary N) is 1. The smallest absolute Gasteiger partial charge is 0.227 e. The number of nitrogens with zero attached hydrogens (tertiary/aromatic N) is 1. The Kier molecular flexibility index (Phi) is 4.05. The van der Waals surface area contributed by atoms with Crippen molar-refractivity contribution in [1.82, 2.24) is 4.90 Å². The van der Waals surface area contributed by atoms with Gasteiger partial charge in [-0.25, -0.2) is 0 Å². The zero-order valence-corrected chi connectivity index (χ0v) is 10.9. The first-order valence-electron chi connectivity index (χ1n) is 6.77. The number of morpholine rings is 1. The lowest BCUT2D eigenvalue weighted by Crippen LogP contribution is -2.54. The van der Waals surface area contributed by atoms with Gasteiger partial charge >= 0.3 is 0 Å². The van der Waals surface area contributed by atoms with Gasteiger partial charge < -0.3 is 15.4 Å². The van der Waals surface area contributed by atoms with Gasteiger partial charge in [0.1, 0.15) is 0 Å². The van der Waals surface area contributed by atoms with Gasteiger partial charge in [-0.1, -0.05) is 13.8 Å². The van der Waals surface area contributed by atoms with Crippen LogP contribution in [0.1, 0.15) is 33.1 Å². The van der Waals surface area contributed by atoms with E-state index in [2.05, 4.69) is 13.8 Å². The molecule has 2 aliphatic rings. The number of amides is 1. The molecule has 0 aromatic heterocycles. The van der Waals surface area contributed by atoms with E-state index in [1.165, 1.54) is 6.42 Å². The molecule has 1 saturated carbocycles. The Morgan fingerprint density at radius 2 is 2.24 bits per heavy atom. The van der Waals surface area contributed by atoms with Gasteiger partial charge in [-0.15, -0.1) is 0 Å². The second kappa shape index (κ2) is 5.36. The van der Waals surface area contributed by atoms with E-state index < -0.39 is 0 Å². The summed E-state index contributed by atoms with van der Waals surface area (Å²) in [7, 11) is 0. The quantitative estimate of drug-likeness (QED) is 0.800. The maximum Gasteiger partial charge on any atom is 0.227 e. The number of rotatable bonds is 3. The Balaban J connectivity index is 2.07. The third-order valence-electron chi connectivity index (χ3n) is 4.14. The minimum absolute atomic E-state index is 0.0330. The molecule has 2 N–H and O–H groups in total. The zero-order chi connectivity index (χ0) is 12.4. The zero-order valence-electron chi connectivity index (χ0n) is 10.9. The van der Waals surface area contributed by atoms with E-state index in [9.17, 15) is 4.79 Å². The lowest BCUT2D eigenvalue weighted by Gasteiger charge is -2.40. The fourth-order valence-corrected chi connectivity index (χ4v) is 3.07. The van der Waals surface area contributed by atoms with E-state index in [0.29, 0.717) is 25.1 Å². The van der Waals surface area contributed by atoms with Crippen LogP contribution in [0.15, 0.2) is 0 Å². The average molecular weight is 240 g/mol. The summed E-state index contributed by atoms with van der Waals surface area (Å²) < 4.78 is 5.73. The minimum atomic E-state index is -0.0330. The SMILES string of the molecule is CC(C)C(CN)C(=O)N1CCOC2CCCC21. The molecule has 1 amide bonds. The summed E-state index contributed by atoms with van der Waals surface area (Å²) in [5.41, 5.74) is 5.74. The fourth-order valence-electron chi connectivity index (χ4n) is 3.07. The lowest BCUT2D eigenvalue weighted by molar-refractivity contribution is -0.149. The van der Waals surface area contributed by atoms with Crippen LogP contribution in [0.4, 0.5) is 0 Å². The monoisotopic (exact) mass is 240 g/mol. The van der Waals surface area contributed by atoms with Crippen LogP contribution in [0, 0.1) is 11.8 Å². The molecule has 98 valence electrons. The number of fused-ring (bicyclic) bond motifs is 1. The number of hydrogen-bond donors (Lipinski definition) is 1. The first kappa shape index (κ1) is 12.8. The van der Waals surface area contributed by atoms with Crippen molar-refractivity contribution in [2.24, 2.45) is 17.6 Å². The second-order valence-electron chi connectivity index (χ2n) is 5.53. The molecule has 1 saturated heterocycles. The van der Waals surface area contributed by atoms with Crippen molar-refractivity contribution >= 4 is 5.91 Å². The summed E-state index contributed by atoms with van der Waals surface area (Å²) in [5.74, 6) is 0.521. The maximum absolute atomic E-state index is 12.5. The highest BCUT2D eigenvalue weighted by Crippen LogP contribution is 2.31. The molecule has 1 aliphatic carbocycles. The van der Waals surface area contributed by atoms with Crippen LogP contribution >= 0.6 is 0 Å². The summed E-state index contributed by atoms with van der Waals surface area (Å²) in [6.07, 6.45) is 3.64. The Labute approximate surface area is 103 Å². The van der Waals surface area contributed by atoms with Gasteiger partial charge in [0.05, 0.1) is 24.7 Å². The lowest BCUT2D eigenvalue weighted by atomic mass is 9.93. The highest BCUT2D eigenvalue weighted by molar-refractivity contribution is 5.80. The average Bonchev–Trinajstić information content (AvgIpc) is 2.76. The normalized spacial score (nSPS) is 30.5. The molecule has 17 heavy (non-hydrogen) atoms. The Morgan fingerprint density at radius 1 is 1.47 bits per heavy atom. The summed E-state index contributed by atoms with van der Waals surface area (Å²) in [6.45, 7) is 6.01. The van der Waals surface area contributed by atoms with Crippen LogP contribution in [-0.4, -0.2) is 42.6 Å². The van der Waals surface area contributed by atoms with E-state index in [1.54, 1.807) is 0 Å². The van der Waals surface area contributed by atoms with Crippen LogP contribution in [0.3, 0.4) is 0 Å². The van der Waals surface area contributed by atoms with Gasteiger partial charge in [0, 0.05) is 13.1 Å². The van der Waals surface area contributed by atoms with Gasteiger partial charge in [0.2, 0.25) is 5.91 Å². The molecule has 2 rings (SSSR count). The largest absolute Gasteiger partial charge is 0.374 e. The Morgan fingerprint density at radius 3 is 2.88 bits per heavy atom. The molecule has 0 spiro atoms. The Bertz CT molecular complexity index is 281. The van der Waals surface area contributed by atoms with Crippen LogP contribution < -0.4 is 5.73 Å². The van der Waals surface area contributed by atoms with Crippen LogP contribution in [0.2, 0.25) is 0 Å². The first-order chi connectivity index (χ1) is 8.15. The number of carbonyl (C=O) groups is 1. The predicted octanol–water partition coefficient (Wildman–Crippen LogP) is 0.997. The molecule has 1 heterocycles. The minimum Gasteiger partial charge on any atom is -0.374 e. The molecule has 0 radical (unpaired) electrons. The van der Waals surface area contributed by atoms with Gasteiger partial charge in [-0.3, -0.25) is 4.79 Å². The highest BCUT2D eigenvalue weighted by Gasteiger charge is 2.40. The van der Waals surface area contributed by atoms with Gasteiger partial charge in [0.25, 0.3) is 0 Å². The second-order valence-corrected chi connectivity index (χ2v) is 5.53. The van der Waals surface area contributed by atoms with Crippen molar-refractivity contribution in [2.75, 3.05) is 19.7 Å². The first-order valence-corrected chi connectivity index (χ1v) is 6.77. The molecule has 0 bridgehead atoms. The highest BCUT2D eigenvalue weighted by atomic mass is 16.5. The third-order valence-corrected chi connectivity index (χ3v) is 4.14.